The van der Waals surface area contributed by atoms with Gasteiger partial charge in [-0.2, -0.15) is 0 Å². The molecule has 0 fully saturated rings. The van der Waals surface area contributed by atoms with Crippen LogP contribution in [0.2, 0.25) is 0 Å². The molecule has 2 nitrogen and oxygen atoms in total. The van der Waals surface area contributed by atoms with Gasteiger partial charge in [-0.3, -0.25) is 0 Å². The zero-order chi connectivity index (χ0) is 71.8. The smallest absolute Gasteiger partial charge is 0.0468 e. The molecule has 0 unspecified atom stereocenters. The van der Waals surface area contributed by atoms with Crippen molar-refractivity contribution < 1.29 is 0 Å². The Balaban J connectivity index is 0.707. The van der Waals surface area contributed by atoms with Crippen LogP contribution in [-0.4, -0.2) is 0 Å². The summed E-state index contributed by atoms with van der Waals surface area (Å²) in [4.78, 5) is 4.77. The summed E-state index contributed by atoms with van der Waals surface area (Å²) < 4.78 is 0. The second-order valence-electron chi connectivity index (χ2n) is 27.1. The maximum absolute atomic E-state index is 4.91. The molecule has 0 aliphatic heterocycles. The summed E-state index contributed by atoms with van der Waals surface area (Å²) in [6.07, 6.45) is 6.64. The molecular formula is C105H76N2. The average Bonchev–Trinajstić information content (AvgIpc) is 0.726. The van der Waals surface area contributed by atoms with Crippen molar-refractivity contribution in [2.45, 2.75) is 6.92 Å². The van der Waals surface area contributed by atoms with E-state index in [1.54, 1.807) is 0 Å². The second kappa shape index (κ2) is 30.2. The number of rotatable bonds is 19. The molecule has 0 aliphatic rings. The van der Waals surface area contributed by atoms with Gasteiger partial charge in [0.2, 0.25) is 0 Å². The molecule has 0 N–H and O–H groups in total. The Morgan fingerprint density at radius 3 is 0.822 bits per heavy atom. The van der Waals surface area contributed by atoms with Crippen molar-refractivity contribution in [3.8, 4) is 100 Å². The predicted molar refractivity (Wildman–Crippen MR) is 458 cm³/mol. The molecule has 0 spiro atoms. The Bertz CT molecular complexity index is 5890. The maximum atomic E-state index is 4.91. The van der Waals surface area contributed by atoms with Crippen molar-refractivity contribution in [2.75, 3.05) is 9.80 Å². The van der Waals surface area contributed by atoms with E-state index in [4.69, 9.17) is 6.58 Å². The Kier molecular flexibility index (Phi) is 18.7. The summed E-state index contributed by atoms with van der Waals surface area (Å²) in [5, 5.41) is 4.60. The molecule has 17 aromatic carbocycles. The number of anilines is 6. The minimum Gasteiger partial charge on any atom is -0.310 e. The largest absolute Gasteiger partial charge is 0.310 e. The van der Waals surface area contributed by atoms with Crippen LogP contribution < -0.4 is 9.80 Å². The standard InChI is InChI=1S/C105H76N2/c1-3-75(80-52-60-90(61-53-80)106(91-62-54-84(55-63-91)77-28-12-5-13-29-77)94-68-70-96(102(72-94)87-34-18-8-19-35-87)89-50-48-83(49-51-89)82-46-44-81(45-47-82)76-26-10-4-11-27-76)43-42-74(2)104-97-38-22-24-40-99(97)105(100-41-25-23-39-98(100)104)101-71-69-95(73-103(101)88-36-20-9-21-37-88)107(92-64-56-85(57-65-92)78-30-14-6-15-31-78)93-66-58-86(59-67-93)79-32-16-7-17-33-79/h3-73H,2H2,1H3/b43-42-,75-3+. The lowest BCUT2D eigenvalue weighted by molar-refractivity contribution is 1.28. The number of nitrogens with zero attached hydrogens (tertiary/aromatic N) is 2. The third-order valence-electron chi connectivity index (χ3n) is 20.7. The highest BCUT2D eigenvalue weighted by Crippen LogP contribution is 2.49. The van der Waals surface area contributed by atoms with Gasteiger partial charge in [-0.05, 0) is 224 Å². The first-order valence-corrected chi connectivity index (χ1v) is 36.7. The lowest BCUT2D eigenvalue weighted by atomic mass is 9.83. The van der Waals surface area contributed by atoms with Crippen LogP contribution in [0.5, 0.6) is 0 Å². The highest BCUT2D eigenvalue weighted by molar-refractivity contribution is 6.21. The molecule has 0 saturated carbocycles. The number of allylic oxidation sites excluding steroid dienone is 5. The predicted octanol–water partition coefficient (Wildman–Crippen LogP) is 29.6. The average molecular weight is 1370 g/mol. The van der Waals surface area contributed by atoms with Crippen molar-refractivity contribution in [2.24, 2.45) is 0 Å². The highest BCUT2D eigenvalue weighted by Gasteiger charge is 2.23. The van der Waals surface area contributed by atoms with E-state index >= 15 is 0 Å². The summed E-state index contributed by atoms with van der Waals surface area (Å²) in [7, 11) is 0. The molecule has 0 amide bonds. The van der Waals surface area contributed by atoms with E-state index in [1.807, 2.05) is 0 Å². The first-order chi connectivity index (χ1) is 52.9. The van der Waals surface area contributed by atoms with Crippen LogP contribution >= 0.6 is 0 Å². The topological polar surface area (TPSA) is 6.48 Å². The van der Waals surface area contributed by atoms with Crippen LogP contribution in [0.3, 0.4) is 0 Å². The van der Waals surface area contributed by atoms with Gasteiger partial charge < -0.3 is 9.80 Å². The van der Waals surface area contributed by atoms with Gasteiger partial charge in [0.1, 0.15) is 0 Å². The minimum atomic E-state index is 0.929. The molecule has 506 valence electrons. The van der Waals surface area contributed by atoms with Gasteiger partial charge in [0, 0.05) is 34.1 Å². The van der Waals surface area contributed by atoms with Gasteiger partial charge >= 0.3 is 0 Å². The Morgan fingerprint density at radius 2 is 0.477 bits per heavy atom. The van der Waals surface area contributed by atoms with Crippen LogP contribution in [0.25, 0.3) is 133 Å². The van der Waals surface area contributed by atoms with E-state index in [0.29, 0.717) is 0 Å². The normalized spacial score (nSPS) is 11.5. The van der Waals surface area contributed by atoms with E-state index in [0.717, 1.165) is 122 Å². The maximum Gasteiger partial charge on any atom is 0.0468 e. The number of fused-ring (bicyclic) bond motifs is 2. The van der Waals surface area contributed by atoms with E-state index in [9.17, 15) is 0 Å². The number of benzene rings is 17. The van der Waals surface area contributed by atoms with E-state index in [2.05, 4.69) is 447 Å². The molecule has 0 aliphatic carbocycles. The summed E-state index contributed by atoms with van der Waals surface area (Å²) in [5.74, 6) is 0. The molecule has 17 rings (SSSR count). The lowest BCUT2D eigenvalue weighted by Gasteiger charge is -2.28. The molecule has 0 heterocycles. The second-order valence-corrected chi connectivity index (χ2v) is 27.1. The zero-order valence-corrected chi connectivity index (χ0v) is 59.6. The first-order valence-electron chi connectivity index (χ1n) is 36.7. The fourth-order valence-corrected chi connectivity index (χ4v) is 15.2. The van der Waals surface area contributed by atoms with Gasteiger partial charge in [-0.1, -0.05) is 365 Å². The quantitative estimate of drug-likeness (QED) is 0.0588. The Morgan fingerprint density at radius 1 is 0.224 bits per heavy atom. The Labute approximate surface area is 628 Å². The molecule has 0 saturated heterocycles. The third-order valence-corrected chi connectivity index (χ3v) is 20.7. The molecule has 0 radical (unpaired) electrons. The van der Waals surface area contributed by atoms with Crippen molar-refractivity contribution in [3.63, 3.8) is 0 Å². The van der Waals surface area contributed by atoms with Crippen LogP contribution in [0.1, 0.15) is 18.1 Å². The first kappa shape index (κ1) is 66.3. The SMILES string of the molecule is C=C(/C=C\C(=C/C)c1ccc(N(c2ccc(-c3ccccc3)cc2)c2ccc(-c3ccc(-c4ccc(-c5ccccc5)cc4)cc3)c(-c3ccccc3)c2)cc1)c1c2ccccc2c(-c2ccc(N(c3ccc(-c4ccccc4)cc3)c3ccc(-c4ccccc4)cc3)cc2-c2ccccc2)c2ccccc12. The van der Waals surface area contributed by atoms with Gasteiger partial charge in [-0.15, -0.1) is 0 Å². The summed E-state index contributed by atoms with van der Waals surface area (Å²) in [5.41, 5.74) is 31.7. The number of hydrogen-bond acceptors (Lipinski definition) is 2. The van der Waals surface area contributed by atoms with E-state index in [1.165, 1.54) is 55.6 Å². The molecule has 2 heteroatoms. The Hall–Kier alpha value is -13.9. The lowest BCUT2D eigenvalue weighted by Crippen LogP contribution is -2.10. The van der Waals surface area contributed by atoms with Gasteiger partial charge in [0.25, 0.3) is 0 Å². The minimum absolute atomic E-state index is 0.929. The van der Waals surface area contributed by atoms with E-state index < -0.39 is 0 Å². The van der Waals surface area contributed by atoms with Crippen LogP contribution in [-0.2, 0) is 0 Å². The molecular weight excluding hydrogens is 1290 g/mol. The summed E-state index contributed by atoms with van der Waals surface area (Å²) >= 11 is 0. The molecule has 17 aromatic rings. The fraction of sp³-hybridized carbons (Fsp3) is 0.00952. The molecule has 0 aromatic heterocycles. The van der Waals surface area contributed by atoms with Crippen molar-refractivity contribution >= 4 is 66.8 Å². The zero-order valence-electron chi connectivity index (χ0n) is 59.6. The fourth-order valence-electron chi connectivity index (χ4n) is 15.2. The summed E-state index contributed by atoms with van der Waals surface area (Å²) in [6, 6.07) is 150. The third kappa shape index (κ3) is 13.8. The molecule has 0 bridgehead atoms. The van der Waals surface area contributed by atoms with Crippen LogP contribution in [0, 0.1) is 0 Å². The van der Waals surface area contributed by atoms with Gasteiger partial charge in [-0.25, -0.2) is 0 Å². The summed E-state index contributed by atoms with van der Waals surface area (Å²) in [6.45, 7) is 7.04. The van der Waals surface area contributed by atoms with Crippen molar-refractivity contribution in [1.29, 1.82) is 0 Å². The monoisotopic (exact) mass is 1360 g/mol. The van der Waals surface area contributed by atoms with Crippen LogP contribution in [0.4, 0.5) is 34.1 Å². The van der Waals surface area contributed by atoms with Gasteiger partial charge in [0.15, 0.2) is 0 Å². The molecule has 107 heavy (non-hydrogen) atoms. The van der Waals surface area contributed by atoms with Crippen LogP contribution in [0.15, 0.2) is 437 Å². The van der Waals surface area contributed by atoms with Crippen molar-refractivity contribution in [1.82, 2.24) is 0 Å². The highest BCUT2D eigenvalue weighted by atomic mass is 15.1. The van der Waals surface area contributed by atoms with Crippen molar-refractivity contribution in [3.05, 3.63) is 448 Å². The van der Waals surface area contributed by atoms with E-state index in [-0.39, 0.29) is 0 Å². The van der Waals surface area contributed by atoms with Gasteiger partial charge in [0.05, 0.1) is 0 Å². The number of hydrogen-bond donors (Lipinski definition) is 0. The molecule has 0 atom stereocenters.